The monoisotopic (exact) mass is 694 g/mol. The number of carbonyl (C=O) groups excluding carboxylic acids is 2. The Kier molecular flexibility index (Phi) is 9.77. The number of rotatable bonds is 7. The van der Waals surface area contributed by atoms with Crippen LogP contribution in [0.25, 0.3) is 0 Å². The van der Waals surface area contributed by atoms with Crippen LogP contribution in [0.1, 0.15) is 99.8 Å². The van der Waals surface area contributed by atoms with E-state index in [2.05, 4.69) is 19.9 Å². The molecule has 5 rings (SSSR count). The number of aliphatic hydroxyl groups is 5. The van der Waals surface area contributed by atoms with Gasteiger partial charge in [-0.2, -0.15) is 0 Å². The zero-order chi connectivity index (χ0) is 36.7. The lowest BCUT2D eigenvalue weighted by Crippen LogP contribution is -2.67. The molecule has 3 saturated carbocycles. The number of aliphatic hydroxyl groups excluding tert-OH is 4. The van der Waals surface area contributed by atoms with E-state index in [1.165, 1.54) is 7.11 Å². The van der Waals surface area contributed by atoms with Crippen LogP contribution < -0.4 is 0 Å². The summed E-state index contributed by atoms with van der Waals surface area (Å²) in [6.45, 7) is 13.2. The van der Waals surface area contributed by atoms with Gasteiger partial charge in [0.25, 0.3) is 0 Å². The molecule has 0 aromatic rings. The normalized spacial score (nSPS) is 48.3. The zero-order valence-corrected chi connectivity index (χ0v) is 30.3. The number of hydrogen-bond acceptors (Lipinski definition) is 11. The van der Waals surface area contributed by atoms with Crippen molar-refractivity contribution < 1.29 is 59.2 Å². The molecule has 278 valence electrons. The van der Waals surface area contributed by atoms with Crippen molar-refractivity contribution in [3.63, 3.8) is 0 Å². The van der Waals surface area contributed by atoms with E-state index in [4.69, 9.17) is 14.2 Å². The molecule has 0 aromatic heterocycles. The summed E-state index contributed by atoms with van der Waals surface area (Å²) in [6, 6.07) is 0. The highest BCUT2D eigenvalue weighted by Crippen LogP contribution is 2.75. The summed E-state index contributed by atoms with van der Waals surface area (Å²) in [4.78, 5) is 40.1. The quantitative estimate of drug-likeness (QED) is 0.168. The lowest BCUT2D eigenvalue weighted by Gasteiger charge is -2.70. The molecule has 14 atom stereocenters. The Morgan fingerprint density at radius 1 is 0.980 bits per heavy atom. The molecule has 0 aromatic carbocycles. The lowest BCUT2D eigenvalue weighted by molar-refractivity contribution is -0.299. The van der Waals surface area contributed by atoms with Crippen molar-refractivity contribution in [2.75, 3.05) is 13.7 Å². The van der Waals surface area contributed by atoms with Gasteiger partial charge in [-0.15, -0.1) is 0 Å². The van der Waals surface area contributed by atoms with Gasteiger partial charge in [0, 0.05) is 5.92 Å². The number of aliphatic carboxylic acids is 1. The summed E-state index contributed by atoms with van der Waals surface area (Å²) in [5.41, 5.74) is -4.29. The maximum Gasteiger partial charge on any atom is 0.315 e. The summed E-state index contributed by atoms with van der Waals surface area (Å²) < 4.78 is 16.6. The van der Waals surface area contributed by atoms with E-state index in [0.717, 1.165) is 5.57 Å². The van der Waals surface area contributed by atoms with Crippen LogP contribution in [0.15, 0.2) is 11.6 Å². The van der Waals surface area contributed by atoms with Gasteiger partial charge in [-0.25, -0.2) is 0 Å². The van der Waals surface area contributed by atoms with Gasteiger partial charge in [-0.3, -0.25) is 14.4 Å². The molecule has 5 aliphatic rings. The minimum Gasteiger partial charge on any atom is -0.481 e. The van der Waals surface area contributed by atoms with Crippen LogP contribution in [0.5, 0.6) is 0 Å². The second-order valence-electron chi connectivity index (χ2n) is 17.4. The molecule has 0 radical (unpaired) electrons. The number of methoxy groups -OCH3 is 1. The van der Waals surface area contributed by atoms with E-state index >= 15 is 0 Å². The highest BCUT2D eigenvalue weighted by Gasteiger charge is 2.71. The summed E-state index contributed by atoms with van der Waals surface area (Å²) in [7, 11) is 1.36. The van der Waals surface area contributed by atoms with E-state index in [1.54, 1.807) is 6.92 Å². The summed E-state index contributed by atoms with van der Waals surface area (Å²) >= 11 is 0. The molecule has 4 fully saturated rings. The number of carbonyl (C=O) groups is 3. The number of carboxylic acid groups (broad SMARTS) is 1. The second kappa shape index (κ2) is 12.5. The fourth-order valence-electron chi connectivity index (χ4n) is 11.8. The molecule has 12 nitrogen and oxygen atoms in total. The number of carboxylic acids is 1. The van der Waals surface area contributed by atoms with Crippen molar-refractivity contribution in [3.8, 4) is 0 Å². The van der Waals surface area contributed by atoms with Crippen LogP contribution in [-0.2, 0) is 28.6 Å². The number of esters is 2. The number of ether oxygens (including phenoxy) is 3. The molecule has 1 aliphatic heterocycles. The molecule has 6 N–H and O–H groups in total. The number of hydrogen-bond donors (Lipinski definition) is 6. The maximum atomic E-state index is 14.5. The van der Waals surface area contributed by atoms with Crippen molar-refractivity contribution in [2.45, 2.75) is 136 Å². The average Bonchev–Trinajstić information content (AvgIpc) is 3.02. The Morgan fingerprint density at radius 3 is 2.22 bits per heavy atom. The highest BCUT2D eigenvalue weighted by molar-refractivity contribution is 5.79. The molecule has 12 heteroatoms. The van der Waals surface area contributed by atoms with Gasteiger partial charge >= 0.3 is 17.9 Å². The number of fused-ring (bicyclic) bond motifs is 5. The molecule has 1 heterocycles. The first kappa shape index (κ1) is 38.1. The summed E-state index contributed by atoms with van der Waals surface area (Å²) in [6.07, 6.45) is -2.30. The average molecular weight is 695 g/mol. The number of allylic oxidation sites excluding steroid dienone is 1. The second-order valence-corrected chi connectivity index (χ2v) is 17.4. The van der Waals surface area contributed by atoms with Crippen molar-refractivity contribution in [1.29, 1.82) is 0 Å². The van der Waals surface area contributed by atoms with Crippen LogP contribution in [-0.4, -0.2) is 98.6 Å². The first-order valence-corrected chi connectivity index (χ1v) is 17.8. The molecule has 14 unspecified atom stereocenters. The van der Waals surface area contributed by atoms with Gasteiger partial charge in [0.1, 0.15) is 24.4 Å². The topological polar surface area (TPSA) is 200 Å². The molecule has 49 heavy (non-hydrogen) atoms. The lowest BCUT2D eigenvalue weighted by atomic mass is 9.34. The molecule has 1 saturated heterocycles. The van der Waals surface area contributed by atoms with Gasteiger partial charge < -0.3 is 44.8 Å². The van der Waals surface area contributed by atoms with Crippen LogP contribution in [0.2, 0.25) is 0 Å². The first-order valence-electron chi connectivity index (χ1n) is 17.8. The van der Waals surface area contributed by atoms with E-state index in [9.17, 15) is 45.0 Å². The Balaban J connectivity index is 1.59. The van der Waals surface area contributed by atoms with E-state index in [1.807, 2.05) is 27.7 Å². The fourth-order valence-corrected chi connectivity index (χ4v) is 11.8. The van der Waals surface area contributed by atoms with Gasteiger partial charge in [-0.05, 0) is 99.7 Å². The minimum absolute atomic E-state index is 0.120. The van der Waals surface area contributed by atoms with Gasteiger partial charge in [0.05, 0.1) is 36.6 Å². The Labute approximate surface area is 289 Å². The zero-order valence-electron chi connectivity index (χ0n) is 30.3. The SMILES string of the molecule is COC(=O)C(C)(C)C1CCC2(C)C(CC=C3C4C(C(=O)OC5OC(CO)C(O)C(O)C5O)(CCC(C)C4(C)O)CCC32C)C1(C)CC(=O)O. The minimum atomic E-state index is -1.75. The molecule has 4 aliphatic carbocycles. The maximum absolute atomic E-state index is 14.5. The van der Waals surface area contributed by atoms with Crippen LogP contribution >= 0.6 is 0 Å². The standard InChI is InChI=1S/C37H58O12/c1-19-11-14-37(31(45)49-29-27(43)26(42)25(41)21(18-38)48-29)16-15-34(5)20(28(37)36(19,7)46)9-10-23-33(4,17-24(39)40)22(12-13-35(23,34)6)32(2,3)30(44)47-8/h9,19,21-23,25-29,38,41-43,46H,10-18H2,1-8H3,(H,39,40). The van der Waals surface area contributed by atoms with E-state index in [-0.39, 0.29) is 30.1 Å². The molecule has 0 spiro atoms. The molecular formula is C37H58O12. The third kappa shape index (κ3) is 5.41. The molecule has 0 amide bonds. The predicted octanol–water partition coefficient (Wildman–Crippen LogP) is 2.96. The Hall–Kier alpha value is -2.09. The summed E-state index contributed by atoms with van der Waals surface area (Å²) in [5, 5.41) is 63.7. The van der Waals surface area contributed by atoms with Crippen molar-refractivity contribution in [3.05, 3.63) is 11.6 Å². The van der Waals surface area contributed by atoms with E-state index in [0.29, 0.717) is 44.9 Å². The van der Waals surface area contributed by atoms with E-state index < -0.39 is 87.8 Å². The van der Waals surface area contributed by atoms with Crippen LogP contribution in [0, 0.1) is 50.7 Å². The van der Waals surface area contributed by atoms with Gasteiger partial charge in [0.2, 0.25) is 6.29 Å². The predicted molar refractivity (Wildman–Crippen MR) is 175 cm³/mol. The smallest absolute Gasteiger partial charge is 0.315 e. The molecule has 0 bridgehead atoms. The first-order chi connectivity index (χ1) is 22.6. The Bertz CT molecular complexity index is 1360. The Morgan fingerprint density at radius 2 is 1.63 bits per heavy atom. The summed E-state index contributed by atoms with van der Waals surface area (Å²) in [5.74, 6) is -3.23. The largest absolute Gasteiger partial charge is 0.481 e. The van der Waals surface area contributed by atoms with Crippen molar-refractivity contribution in [1.82, 2.24) is 0 Å². The van der Waals surface area contributed by atoms with Crippen LogP contribution in [0.4, 0.5) is 0 Å². The van der Waals surface area contributed by atoms with Crippen LogP contribution in [0.3, 0.4) is 0 Å². The molecular weight excluding hydrogens is 636 g/mol. The fraction of sp³-hybridized carbons (Fsp3) is 0.865. The third-order valence-electron chi connectivity index (χ3n) is 14.9. The van der Waals surface area contributed by atoms with Crippen molar-refractivity contribution >= 4 is 17.9 Å². The third-order valence-corrected chi connectivity index (χ3v) is 14.9. The highest BCUT2D eigenvalue weighted by atomic mass is 16.7. The van der Waals surface area contributed by atoms with Crippen molar-refractivity contribution in [2.24, 2.45) is 50.7 Å². The van der Waals surface area contributed by atoms with Gasteiger partial charge in [-0.1, -0.05) is 39.3 Å². The van der Waals surface area contributed by atoms with Gasteiger partial charge in [0.15, 0.2) is 0 Å².